The molecule has 1 saturated carbocycles. The molecule has 4 nitrogen and oxygen atoms in total. The Morgan fingerprint density at radius 1 is 1.24 bits per heavy atom. The highest BCUT2D eigenvalue weighted by Crippen LogP contribution is 2.27. The summed E-state index contributed by atoms with van der Waals surface area (Å²) in [4.78, 5) is 11.7. The van der Waals surface area contributed by atoms with Gasteiger partial charge in [-0.05, 0) is 37.2 Å². The zero-order valence-electron chi connectivity index (χ0n) is 13.8. The number of nitrogens with zero attached hydrogens (tertiary/aromatic N) is 3. The van der Waals surface area contributed by atoms with E-state index in [0.29, 0.717) is 12.0 Å². The minimum Gasteiger partial charge on any atom is -0.338 e. The molecule has 1 aromatic heterocycles. The summed E-state index contributed by atoms with van der Waals surface area (Å²) in [6, 6.07) is 0.831. The Morgan fingerprint density at radius 2 is 1.86 bits per heavy atom. The maximum absolute atomic E-state index is 6.00. The maximum Gasteiger partial charge on any atom is 0.225 e. The van der Waals surface area contributed by atoms with Crippen molar-refractivity contribution >= 4 is 5.95 Å². The molecule has 1 aromatic rings. The molecule has 0 aliphatic heterocycles. The van der Waals surface area contributed by atoms with Gasteiger partial charge in [-0.15, -0.1) is 0 Å². The Hall–Kier alpha value is -1.16. The molecule has 21 heavy (non-hydrogen) atoms. The third-order valence-electron chi connectivity index (χ3n) is 4.30. The van der Waals surface area contributed by atoms with Crippen molar-refractivity contribution in [1.82, 2.24) is 9.97 Å². The molecule has 118 valence electrons. The lowest BCUT2D eigenvalue weighted by Gasteiger charge is -2.30. The van der Waals surface area contributed by atoms with Crippen molar-refractivity contribution < 1.29 is 0 Å². The second-order valence-electron chi connectivity index (χ2n) is 6.75. The minimum atomic E-state index is 0.209. The summed E-state index contributed by atoms with van der Waals surface area (Å²) in [5.41, 5.74) is 7.14. The van der Waals surface area contributed by atoms with Crippen LogP contribution in [0.15, 0.2) is 12.4 Å². The molecule has 1 aliphatic rings. The molecule has 0 amide bonds. The topological polar surface area (TPSA) is 55.0 Å². The standard InChI is InChI=1S/C17H30N4/c1-4-15(18)9-14-10-19-17(20-11-14)21(12-13(2)3)16-7-5-6-8-16/h10-11,13,15-16H,4-9,12,18H2,1-3H3. The lowest BCUT2D eigenvalue weighted by molar-refractivity contribution is 0.525. The first-order valence-electron chi connectivity index (χ1n) is 8.43. The lowest BCUT2D eigenvalue weighted by Crippen LogP contribution is -2.37. The molecule has 1 aliphatic carbocycles. The van der Waals surface area contributed by atoms with E-state index in [1.807, 2.05) is 12.4 Å². The van der Waals surface area contributed by atoms with E-state index in [0.717, 1.165) is 30.9 Å². The zero-order valence-corrected chi connectivity index (χ0v) is 13.8. The van der Waals surface area contributed by atoms with Gasteiger partial charge in [0.2, 0.25) is 5.95 Å². The molecule has 0 aromatic carbocycles. The number of nitrogens with two attached hydrogens (primary N) is 1. The number of hydrogen-bond acceptors (Lipinski definition) is 4. The molecule has 0 radical (unpaired) electrons. The van der Waals surface area contributed by atoms with Crippen molar-refractivity contribution in [2.45, 2.75) is 71.4 Å². The van der Waals surface area contributed by atoms with E-state index in [9.17, 15) is 0 Å². The first-order valence-corrected chi connectivity index (χ1v) is 8.43. The zero-order chi connectivity index (χ0) is 15.2. The molecule has 0 spiro atoms. The number of anilines is 1. The SMILES string of the molecule is CCC(N)Cc1cnc(N(CC(C)C)C2CCCC2)nc1. The van der Waals surface area contributed by atoms with Crippen molar-refractivity contribution in [1.29, 1.82) is 0 Å². The first kappa shape index (κ1) is 16.2. The van der Waals surface area contributed by atoms with E-state index in [4.69, 9.17) is 5.73 Å². The molecule has 1 unspecified atom stereocenters. The van der Waals surface area contributed by atoms with Gasteiger partial charge >= 0.3 is 0 Å². The van der Waals surface area contributed by atoms with Crippen LogP contribution in [0.2, 0.25) is 0 Å². The summed E-state index contributed by atoms with van der Waals surface area (Å²) in [6.07, 6.45) is 11.0. The second kappa shape index (κ2) is 7.74. The van der Waals surface area contributed by atoms with Gasteiger partial charge in [0.1, 0.15) is 0 Å². The Kier molecular flexibility index (Phi) is 5.97. The summed E-state index contributed by atoms with van der Waals surface area (Å²) in [7, 11) is 0. The second-order valence-corrected chi connectivity index (χ2v) is 6.75. The lowest BCUT2D eigenvalue weighted by atomic mass is 10.1. The summed E-state index contributed by atoms with van der Waals surface area (Å²) in [6.45, 7) is 7.68. The van der Waals surface area contributed by atoms with Crippen molar-refractivity contribution in [3.63, 3.8) is 0 Å². The molecule has 1 heterocycles. The van der Waals surface area contributed by atoms with E-state index in [1.54, 1.807) is 0 Å². The molecule has 0 saturated heterocycles. The molecular weight excluding hydrogens is 260 g/mol. The fourth-order valence-electron chi connectivity index (χ4n) is 3.05. The van der Waals surface area contributed by atoms with Gasteiger partial charge < -0.3 is 10.6 Å². The van der Waals surface area contributed by atoms with Crippen LogP contribution in [0.25, 0.3) is 0 Å². The van der Waals surface area contributed by atoms with E-state index in [2.05, 4.69) is 35.6 Å². The molecule has 0 bridgehead atoms. The summed E-state index contributed by atoms with van der Waals surface area (Å²) in [5, 5.41) is 0. The summed E-state index contributed by atoms with van der Waals surface area (Å²) >= 11 is 0. The molecule has 1 fully saturated rings. The van der Waals surface area contributed by atoms with E-state index < -0.39 is 0 Å². The van der Waals surface area contributed by atoms with E-state index in [-0.39, 0.29) is 6.04 Å². The highest BCUT2D eigenvalue weighted by atomic mass is 15.3. The predicted molar refractivity (Wildman–Crippen MR) is 88.4 cm³/mol. The monoisotopic (exact) mass is 290 g/mol. The normalized spacial score (nSPS) is 17.4. The van der Waals surface area contributed by atoms with Crippen molar-refractivity contribution in [3.8, 4) is 0 Å². The van der Waals surface area contributed by atoms with Gasteiger partial charge in [0.25, 0.3) is 0 Å². The van der Waals surface area contributed by atoms with Crippen molar-refractivity contribution in [3.05, 3.63) is 18.0 Å². The van der Waals surface area contributed by atoms with Gasteiger partial charge in [0.15, 0.2) is 0 Å². The Morgan fingerprint density at radius 3 is 2.38 bits per heavy atom. The highest BCUT2D eigenvalue weighted by Gasteiger charge is 2.25. The van der Waals surface area contributed by atoms with Crippen LogP contribution in [-0.4, -0.2) is 28.6 Å². The van der Waals surface area contributed by atoms with Gasteiger partial charge in [0.05, 0.1) is 0 Å². The third-order valence-corrected chi connectivity index (χ3v) is 4.30. The Labute approximate surface area is 129 Å². The van der Waals surface area contributed by atoms with Crippen LogP contribution in [0.4, 0.5) is 5.95 Å². The van der Waals surface area contributed by atoms with Crippen molar-refractivity contribution in [2.24, 2.45) is 11.7 Å². The van der Waals surface area contributed by atoms with Gasteiger partial charge in [-0.2, -0.15) is 0 Å². The molecule has 4 heteroatoms. The first-order chi connectivity index (χ1) is 10.1. The van der Waals surface area contributed by atoms with Gasteiger partial charge in [-0.25, -0.2) is 9.97 Å². The minimum absolute atomic E-state index is 0.209. The number of rotatable bonds is 7. The molecule has 2 rings (SSSR count). The quantitative estimate of drug-likeness (QED) is 0.838. The van der Waals surface area contributed by atoms with E-state index >= 15 is 0 Å². The maximum atomic E-state index is 6.00. The fraction of sp³-hybridized carbons (Fsp3) is 0.765. The number of aromatic nitrogens is 2. The van der Waals surface area contributed by atoms with Crippen LogP contribution in [0, 0.1) is 5.92 Å². The Bertz CT molecular complexity index is 409. The summed E-state index contributed by atoms with van der Waals surface area (Å²) < 4.78 is 0. The van der Waals surface area contributed by atoms with Crippen LogP contribution in [0.1, 0.15) is 58.4 Å². The molecule has 2 N–H and O–H groups in total. The van der Waals surface area contributed by atoms with Crippen LogP contribution in [0.5, 0.6) is 0 Å². The highest BCUT2D eigenvalue weighted by molar-refractivity contribution is 5.32. The number of hydrogen-bond donors (Lipinski definition) is 1. The fourth-order valence-corrected chi connectivity index (χ4v) is 3.05. The predicted octanol–water partition coefficient (Wildman–Crippen LogP) is 3.16. The van der Waals surface area contributed by atoms with E-state index in [1.165, 1.54) is 25.7 Å². The average molecular weight is 290 g/mol. The van der Waals surface area contributed by atoms with Crippen LogP contribution in [-0.2, 0) is 6.42 Å². The van der Waals surface area contributed by atoms with Gasteiger partial charge in [-0.1, -0.05) is 33.6 Å². The van der Waals surface area contributed by atoms with Crippen LogP contribution in [0.3, 0.4) is 0 Å². The van der Waals surface area contributed by atoms with Crippen LogP contribution >= 0.6 is 0 Å². The van der Waals surface area contributed by atoms with Gasteiger partial charge in [-0.3, -0.25) is 0 Å². The molecule has 1 atom stereocenters. The van der Waals surface area contributed by atoms with Crippen molar-refractivity contribution in [2.75, 3.05) is 11.4 Å². The summed E-state index contributed by atoms with van der Waals surface area (Å²) in [5.74, 6) is 1.52. The smallest absolute Gasteiger partial charge is 0.225 e. The average Bonchev–Trinajstić information content (AvgIpc) is 2.99. The Balaban J connectivity index is 2.08. The third kappa shape index (κ3) is 4.67. The molecular formula is C17H30N4. The largest absolute Gasteiger partial charge is 0.338 e. The van der Waals surface area contributed by atoms with Crippen LogP contribution < -0.4 is 10.6 Å². The van der Waals surface area contributed by atoms with Gasteiger partial charge in [0, 0.05) is 31.0 Å².